The molecule has 1 nitrogen and oxygen atoms in total. The van der Waals surface area contributed by atoms with E-state index in [9.17, 15) is 0 Å². The van der Waals surface area contributed by atoms with E-state index in [1.165, 1.54) is 38.0 Å². The summed E-state index contributed by atoms with van der Waals surface area (Å²) in [6, 6.07) is 0. The first-order chi connectivity index (χ1) is 5.47. The van der Waals surface area contributed by atoms with Gasteiger partial charge in [-0.3, -0.25) is 0 Å². The van der Waals surface area contributed by atoms with Gasteiger partial charge in [-0.25, -0.2) is 0 Å². The van der Waals surface area contributed by atoms with Crippen LogP contribution >= 0.6 is 0 Å². The maximum absolute atomic E-state index is 4.02. The van der Waals surface area contributed by atoms with Crippen LogP contribution in [-0.4, -0.2) is 24.5 Å². The fourth-order valence-corrected chi connectivity index (χ4v) is 1.70. The molecule has 0 aromatic heterocycles. The molecule has 1 rings (SSSR count). The molecule has 1 saturated heterocycles. The molecule has 1 heterocycles. The van der Waals surface area contributed by atoms with E-state index in [1.54, 1.807) is 0 Å². The van der Waals surface area contributed by atoms with E-state index in [2.05, 4.69) is 32.3 Å². The fourth-order valence-electron chi connectivity index (χ4n) is 1.70. The predicted molar refractivity (Wildman–Crippen MR) is 54.3 cm³/mol. The molecule has 1 fully saturated rings. The Kier molecular flexibility index (Phi) is 2.94. The highest BCUT2D eigenvalue weighted by Gasteiger charge is 2.18. The second-order valence-corrected chi connectivity index (χ2v) is 5.09. The van der Waals surface area contributed by atoms with Crippen LogP contribution in [0.25, 0.3) is 0 Å². The molecule has 1 heteroatoms. The third-order valence-electron chi connectivity index (χ3n) is 2.26. The first-order valence-electron chi connectivity index (χ1n) is 4.86. The summed E-state index contributed by atoms with van der Waals surface area (Å²) in [7, 11) is 0. The van der Waals surface area contributed by atoms with Gasteiger partial charge < -0.3 is 4.90 Å². The molecule has 0 aromatic carbocycles. The summed E-state index contributed by atoms with van der Waals surface area (Å²) in [5, 5.41) is 0. The highest BCUT2D eigenvalue weighted by molar-refractivity contribution is 4.99. The summed E-state index contributed by atoms with van der Waals surface area (Å²) < 4.78 is 0. The largest absolute Gasteiger partial charge is 0.302 e. The minimum Gasteiger partial charge on any atom is -0.302 e. The van der Waals surface area contributed by atoms with E-state index in [1.807, 2.05) is 0 Å². The van der Waals surface area contributed by atoms with Gasteiger partial charge in [-0.05, 0) is 18.3 Å². The van der Waals surface area contributed by atoms with E-state index in [0.29, 0.717) is 5.41 Å². The lowest BCUT2D eigenvalue weighted by Gasteiger charge is -2.33. The molecule has 0 unspecified atom stereocenters. The SMILES string of the molecule is C=C1CCN(CC(C)(C)C)CC1. The van der Waals surface area contributed by atoms with Crippen molar-refractivity contribution >= 4 is 0 Å². The summed E-state index contributed by atoms with van der Waals surface area (Å²) in [5.74, 6) is 0. The minimum atomic E-state index is 0.443. The smallest absolute Gasteiger partial charge is 0.00303 e. The van der Waals surface area contributed by atoms with Crippen LogP contribution in [0.2, 0.25) is 0 Å². The van der Waals surface area contributed by atoms with Crippen molar-refractivity contribution in [3.63, 3.8) is 0 Å². The van der Waals surface area contributed by atoms with Crippen molar-refractivity contribution in [2.45, 2.75) is 33.6 Å². The van der Waals surface area contributed by atoms with E-state index in [0.717, 1.165) is 0 Å². The Balaban J connectivity index is 2.31. The van der Waals surface area contributed by atoms with Gasteiger partial charge in [0.15, 0.2) is 0 Å². The van der Waals surface area contributed by atoms with Crippen molar-refractivity contribution in [3.8, 4) is 0 Å². The maximum atomic E-state index is 4.02. The molecule has 0 saturated carbocycles. The fraction of sp³-hybridized carbons (Fsp3) is 0.818. The third-order valence-corrected chi connectivity index (χ3v) is 2.26. The standard InChI is InChI=1S/C11H21N/c1-10-5-7-12(8-6-10)9-11(2,3)4/h1,5-9H2,2-4H3. The molecule has 0 N–H and O–H groups in total. The summed E-state index contributed by atoms with van der Waals surface area (Å²) in [5.41, 5.74) is 1.87. The molecule has 0 atom stereocenters. The van der Waals surface area contributed by atoms with Crippen molar-refractivity contribution in [3.05, 3.63) is 12.2 Å². The summed E-state index contributed by atoms with van der Waals surface area (Å²) in [6.45, 7) is 14.6. The van der Waals surface area contributed by atoms with Crippen LogP contribution in [0.15, 0.2) is 12.2 Å². The molecule has 0 aliphatic carbocycles. The Morgan fingerprint density at radius 1 is 1.25 bits per heavy atom. The lowest BCUT2D eigenvalue weighted by Crippen LogP contribution is -2.37. The van der Waals surface area contributed by atoms with Crippen LogP contribution in [0.5, 0.6) is 0 Å². The number of nitrogens with zero attached hydrogens (tertiary/aromatic N) is 1. The highest BCUT2D eigenvalue weighted by Crippen LogP contribution is 2.20. The molecular formula is C11H21N. The Hall–Kier alpha value is -0.300. The first kappa shape index (κ1) is 9.79. The number of piperidine rings is 1. The van der Waals surface area contributed by atoms with Crippen LogP contribution in [0, 0.1) is 5.41 Å². The zero-order chi connectivity index (χ0) is 9.19. The average molecular weight is 167 g/mol. The maximum Gasteiger partial charge on any atom is 0.00303 e. The van der Waals surface area contributed by atoms with Gasteiger partial charge in [0.1, 0.15) is 0 Å². The van der Waals surface area contributed by atoms with E-state index < -0.39 is 0 Å². The lowest BCUT2D eigenvalue weighted by atomic mass is 9.94. The van der Waals surface area contributed by atoms with Crippen LogP contribution < -0.4 is 0 Å². The molecule has 1 aliphatic rings. The zero-order valence-corrected chi connectivity index (χ0v) is 8.69. The third kappa shape index (κ3) is 3.40. The summed E-state index contributed by atoms with van der Waals surface area (Å²) in [6.07, 6.45) is 2.41. The van der Waals surface area contributed by atoms with Gasteiger partial charge in [0.25, 0.3) is 0 Å². The number of hydrogen-bond acceptors (Lipinski definition) is 1. The molecule has 0 bridgehead atoms. The molecule has 0 spiro atoms. The van der Waals surface area contributed by atoms with Gasteiger partial charge in [-0.1, -0.05) is 32.9 Å². The topological polar surface area (TPSA) is 3.24 Å². The van der Waals surface area contributed by atoms with Gasteiger partial charge in [-0.15, -0.1) is 0 Å². The lowest BCUT2D eigenvalue weighted by molar-refractivity contribution is 0.181. The molecule has 0 radical (unpaired) electrons. The van der Waals surface area contributed by atoms with Crippen molar-refractivity contribution < 1.29 is 0 Å². The Morgan fingerprint density at radius 2 is 1.75 bits per heavy atom. The Labute approximate surface area is 76.5 Å². The molecule has 0 aromatic rings. The van der Waals surface area contributed by atoms with Gasteiger partial charge in [0.2, 0.25) is 0 Å². The quantitative estimate of drug-likeness (QED) is 0.543. The van der Waals surface area contributed by atoms with Gasteiger partial charge in [0, 0.05) is 19.6 Å². The van der Waals surface area contributed by atoms with Crippen LogP contribution in [0.1, 0.15) is 33.6 Å². The van der Waals surface area contributed by atoms with Crippen molar-refractivity contribution in [1.82, 2.24) is 4.90 Å². The summed E-state index contributed by atoms with van der Waals surface area (Å²) >= 11 is 0. The number of hydrogen-bond donors (Lipinski definition) is 0. The highest BCUT2D eigenvalue weighted by atomic mass is 15.1. The molecule has 70 valence electrons. The second kappa shape index (κ2) is 3.61. The minimum absolute atomic E-state index is 0.443. The predicted octanol–water partition coefficient (Wildman–Crippen LogP) is 2.68. The van der Waals surface area contributed by atoms with Crippen LogP contribution in [-0.2, 0) is 0 Å². The monoisotopic (exact) mass is 167 g/mol. The molecular weight excluding hydrogens is 146 g/mol. The van der Waals surface area contributed by atoms with Crippen molar-refractivity contribution in [1.29, 1.82) is 0 Å². The Morgan fingerprint density at radius 3 is 2.17 bits per heavy atom. The van der Waals surface area contributed by atoms with E-state index >= 15 is 0 Å². The van der Waals surface area contributed by atoms with E-state index in [4.69, 9.17) is 0 Å². The molecule has 0 amide bonds. The van der Waals surface area contributed by atoms with Crippen molar-refractivity contribution in [2.75, 3.05) is 19.6 Å². The summed E-state index contributed by atoms with van der Waals surface area (Å²) in [4.78, 5) is 2.55. The average Bonchev–Trinajstić information content (AvgIpc) is 1.91. The molecule has 12 heavy (non-hydrogen) atoms. The first-order valence-corrected chi connectivity index (χ1v) is 4.86. The second-order valence-electron chi connectivity index (χ2n) is 5.09. The van der Waals surface area contributed by atoms with E-state index in [-0.39, 0.29) is 0 Å². The molecule has 1 aliphatic heterocycles. The number of likely N-dealkylation sites (tertiary alicyclic amines) is 1. The van der Waals surface area contributed by atoms with Gasteiger partial charge >= 0.3 is 0 Å². The van der Waals surface area contributed by atoms with Gasteiger partial charge in [-0.2, -0.15) is 0 Å². The normalized spacial score (nSPS) is 21.4. The van der Waals surface area contributed by atoms with Gasteiger partial charge in [0.05, 0.1) is 0 Å². The Bertz CT molecular complexity index is 154. The van der Waals surface area contributed by atoms with Crippen LogP contribution in [0.3, 0.4) is 0 Å². The number of rotatable bonds is 1. The van der Waals surface area contributed by atoms with Crippen molar-refractivity contribution in [2.24, 2.45) is 5.41 Å². The zero-order valence-electron chi connectivity index (χ0n) is 8.69. The van der Waals surface area contributed by atoms with Crippen LogP contribution in [0.4, 0.5) is 0 Å².